The summed E-state index contributed by atoms with van der Waals surface area (Å²) in [7, 11) is 1.09. The van der Waals surface area contributed by atoms with Crippen LogP contribution in [0.5, 0.6) is 5.75 Å². The second-order valence-corrected chi connectivity index (χ2v) is 4.14. The molecule has 0 heterocycles. The van der Waals surface area contributed by atoms with Crippen LogP contribution >= 0.6 is 22.6 Å². The topological polar surface area (TPSA) is 59.3 Å². The number of ether oxygens (including phenoxy) is 2. The van der Waals surface area contributed by atoms with Crippen LogP contribution in [0.25, 0.3) is 0 Å². The second kappa shape index (κ2) is 5.43. The maximum absolute atomic E-state index is 12.2. The summed E-state index contributed by atoms with van der Waals surface area (Å²) in [4.78, 5) is 11.2. The lowest BCUT2D eigenvalue weighted by Crippen LogP contribution is -2.18. The average molecular weight is 371 g/mol. The Morgan fingerprint density at radius 2 is 2.06 bits per heavy atom. The van der Waals surface area contributed by atoms with E-state index in [9.17, 15) is 18.0 Å². The number of nitriles is 1. The molecule has 1 aromatic rings. The number of esters is 1. The van der Waals surface area contributed by atoms with Crippen LogP contribution in [-0.2, 0) is 4.74 Å². The van der Waals surface area contributed by atoms with E-state index in [0.717, 1.165) is 13.2 Å². The van der Waals surface area contributed by atoms with Crippen molar-refractivity contribution in [2.75, 3.05) is 7.11 Å². The Bertz CT molecular complexity index is 522. The molecule has 0 aromatic heterocycles. The molecule has 8 heteroatoms. The highest BCUT2D eigenvalue weighted by atomic mass is 127. The standard InChI is InChI=1S/C10H5F3INO3/c1-17-9(16)5-2-7(14)6(4-15)8(3-5)18-10(11,12)13/h2-3H,1H3. The van der Waals surface area contributed by atoms with E-state index in [4.69, 9.17) is 5.26 Å². The number of benzene rings is 1. The maximum atomic E-state index is 12.2. The first-order valence-corrected chi connectivity index (χ1v) is 5.44. The number of carbonyl (C=O) groups excluding carboxylic acids is 1. The first-order valence-electron chi connectivity index (χ1n) is 4.36. The Hall–Kier alpha value is -1.50. The van der Waals surface area contributed by atoms with Crippen LogP contribution in [-0.4, -0.2) is 19.4 Å². The van der Waals surface area contributed by atoms with E-state index in [1.54, 1.807) is 28.7 Å². The third-order valence-corrected chi connectivity index (χ3v) is 2.66. The molecule has 96 valence electrons. The van der Waals surface area contributed by atoms with E-state index in [1.807, 2.05) is 0 Å². The largest absolute Gasteiger partial charge is 0.573 e. The Balaban J connectivity index is 3.33. The van der Waals surface area contributed by atoms with Crippen molar-refractivity contribution in [1.82, 2.24) is 0 Å². The number of halogens is 4. The monoisotopic (exact) mass is 371 g/mol. The molecule has 0 bridgehead atoms. The molecule has 0 saturated carbocycles. The Labute approximate surface area is 113 Å². The van der Waals surface area contributed by atoms with E-state index in [2.05, 4.69) is 9.47 Å². The molecule has 1 rings (SSSR count). The third kappa shape index (κ3) is 3.49. The van der Waals surface area contributed by atoms with Gasteiger partial charge in [-0.2, -0.15) is 5.26 Å². The Morgan fingerprint density at radius 1 is 1.44 bits per heavy atom. The summed E-state index contributed by atoms with van der Waals surface area (Å²) < 4.78 is 44.7. The molecule has 0 atom stereocenters. The van der Waals surface area contributed by atoms with Crippen molar-refractivity contribution in [3.63, 3.8) is 0 Å². The van der Waals surface area contributed by atoms with Crippen LogP contribution in [0.15, 0.2) is 12.1 Å². The molecule has 0 aliphatic rings. The number of methoxy groups -OCH3 is 1. The molecular formula is C10H5F3INO3. The maximum Gasteiger partial charge on any atom is 0.573 e. The molecule has 0 unspecified atom stereocenters. The first kappa shape index (κ1) is 14.6. The van der Waals surface area contributed by atoms with Gasteiger partial charge in [-0.15, -0.1) is 13.2 Å². The highest BCUT2D eigenvalue weighted by molar-refractivity contribution is 14.1. The summed E-state index contributed by atoms with van der Waals surface area (Å²) in [5.74, 6) is -1.54. The van der Waals surface area contributed by atoms with Gasteiger partial charge in [-0.25, -0.2) is 4.79 Å². The van der Waals surface area contributed by atoms with Crippen molar-refractivity contribution in [1.29, 1.82) is 5.26 Å². The van der Waals surface area contributed by atoms with Crippen LogP contribution in [0.2, 0.25) is 0 Å². The highest BCUT2D eigenvalue weighted by Gasteiger charge is 2.33. The van der Waals surface area contributed by atoms with E-state index >= 15 is 0 Å². The third-order valence-electron chi connectivity index (χ3n) is 1.81. The van der Waals surface area contributed by atoms with Crippen molar-refractivity contribution >= 4 is 28.6 Å². The zero-order valence-corrected chi connectivity index (χ0v) is 11.0. The summed E-state index contributed by atoms with van der Waals surface area (Å²) in [6.45, 7) is 0. The SMILES string of the molecule is COC(=O)c1cc(I)c(C#N)c(OC(F)(F)F)c1. The summed E-state index contributed by atoms with van der Waals surface area (Å²) in [5, 5.41) is 8.76. The van der Waals surface area contributed by atoms with Gasteiger partial charge in [0.25, 0.3) is 0 Å². The quantitative estimate of drug-likeness (QED) is 0.593. The number of carbonyl (C=O) groups is 1. The van der Waals surface area contributed by atoms with Crippen molar-refractivity contribution < 1.29 is 27.4 Å². The van der Waals surface area contributed by atoms with Gasteiger partial charge in [0.05, 0.1) is 12.7 Å². The van der Waals surface area contributed by atoms with Crippen molar-refractivity contribution in [3.05, 3.63) is 26.8 Å². The minimum Gasteiger partial charge on any atom is -0.465 e. The van der Waals surface area contributed by atoms with Crippen LogP contribution in [0.4, 0.5) is 13.2 Å². The number of hydrogen-bond acceptors (Lipinski definition) is 4. The van der Waals surface area contributed by atoms with Gasteiger partial charge in [-0.1, -0.05) is 0 Å². The number of rotatable bonds is 2. The lowest BCUT2D eigenvalue weighted by Gasteiger charge is -2.12. The molecule has 0 amide bonds. The van der Waals surface area contributed by atoms with Gasteiger partial charge in [-0.3, -0.25) is 0 Å². The lowest BCUT2D eigenvalue weighted by atomic mass is 10.1. The summed E-state index contributed by atoms with van der Waals surface area (Å²) in [5.41, 5.74) is -0.416. The zero-order valence-electron chi connectivity index (χ0n) is 8.84. The summed E-state index contributed by atoms with van der Waals surface area (Å²) >= 11 is 1.64. The predicted octanol–water partition coefficient (Wildman–Crippen LogP) is 2.85. The molecule has 1 aromatic carbocycles. The zero-order chi connectivity index (χ0) is 13.9. The minimum absolute atomic E-state index is 0.125. The minimum atomic E-state index is -4.94. The van der Waals surface area contributed by atoms with Gasteiger partial charge in [0.15, 0.2) is 0 Å². The van der Waals surface area contributed by atoms with Crippen molar-refractivity contribution in [2.45, 2.75) is 6.36 Å². The van der Waals surface area contributed by atoms with Crippen LogP contribution in [0.1, 0.15) is 15.9 Å². The van der Waals surface area contributed by atoms with Crippen LogP contribution in [0.3, 0.4) is 0 Å². The van der Waals surface area contributed by atoms with E-state index in [-0.39, 0.29) is 14.7 Å². The fourth-order valence-corrected chi connectivity index (χ4v) is 1.85. The van der Waals surface area contributed by atoms with E-state index < -0.39 is 18.1 Å². The molecular weight excluding hydrogens is 366 g/mol. The normalized spacial score (nSPS) is 10.7. The molecule has 0 radical (unpaired) electrons. The summed E-state index contributed by atoms with van der Waals surface area (Å²) in [6.07, 6.45) is -4.94. The average Bonchev–Trinajstić information content (AvgIpc) is 2.25. The predicted molar refractivity (Wildman–Crippen MR) is 61.9 cm³/mol. The fourth-order valence-electron chi connectivity index (χ4n) is 1.13. The molecule has 0 saturated heterocycles. The van der Waals surface area contributed by atoms with Crippen molar-refractivity contribution in [2.24, 2.45) is 0 Å². The van der Waals surface area contributed by atoms with E-state index in [1.165, 1.54) is 6.07 Å². The molecule has 0 aliphatic carbocycles. The first-order chi connectivity index (χ1) is 8.28. The molecule has 0 N–H and O–H groups in total. The van der Waals surface area contributed by atoms with E-state index in [0.29, 0.717) is 0 Å². The highest BCUT2D eigenvalue weighted by Crippen LogP contribution is 2.30. The molecule has 0 fully saturated rings. The van der Waals surface area contributed by atoms with Gasteiger partial charge >= 0.3 is 12.3 Å². The number of alkyl halides is 3. The van der Waals surface area contributed by atoms with Crippen LogP contribution < -0.4 is 4.74 Å². The molecule has 0 spiro atoms. The van der Waals surface area contributed by atoms with Gasteiger partial charge in [0, 0.05) is 3.57 Å². The van der Waals surface area contributed by atoms with Gasteiger partial charge < -0.3 is 9.47 Å². The molecule has 0 aliphatic heterocycles. The molecule has 18 heavy (non-hydrogen) atoms. The lowest BCUT2D eigenvalue weighted by molar-refractivity contribution is -0.274. The molecule has 4 nitrogen and oxygen atoms in total. The van der Waals surface area contributed by atoms with Gasteiger partial charge in [-0.05, 0) is 34.7 Å². The number of hydrogen-bond donors (Lipinski definition) is 0. The number of nitrogens with zero attached hydrogens (tertiary/aromatic N) is 1. The fraction of sp³-hybridized carbons (Fsp3) is 0.200. The van der Waals surface area contributed by atoms with Crippen molar-refractivity contribution in [3.8, 4) is 11.8 Å². The van der Waals surface area contributed by atoms with Crippen LogP contribution in [0, 0.1) is 14.9 Å². The summed E-state index contributed by atoms with van der Waals surface area (Å²) in [6, 6.07) is 3.65. The smallest absolute Gasteiger partial charge is 0.465 e. The second-order valence-electron chi connectivity index (χ2n) is 2.98. The Morgan fingerprint density at radius 3 is 2.50 bits per heavy atom. The van der Waals surface area contributed by atoms with Gasteiger partial charge in [0.2, 0.25) is 0 Å². The Kier molecular flexibility index (Phi) is 4.39. The van der Waals surface area contributed by atoms with Gasteiger partial charge in [0.1, 0.15) is 17.4 Å².